The number of nitrogens with zero attached hydrogens (tertiary/aromatic N) is 7. The van der Waals surface area contributed by atoms with E-state index in [-0.39, 0.29) is 12.2 Å². The van der Waals surface area contributed by atoms with E-state index in [9.17, 15) is 5.26 Å². The minimum atomic E-state index is -2.82. The zero-order valence-electron chi connectivity index (χ0n) is 21.8. The van der Waals surface area contributed by atoms with Gasteiger partial charge in [0.15, 0.2) is 13.2 Å². The Kier molecular flexibility index (Phi) is 7.68. The number of aryl methyl sites for hydroxylation is 2. The third-order valence-corrected chi connectivity index (χ3v) is 11.1. The summed E-state index contributed by atoms with van der Waals surface area (Å²) in [6.07, 6.45) is 0.319. The summed E-state index contributed by atoms with van der Waals surface area (Å²) < 4.78 is 18.2. The van der Waals surface area contributed by atoms with Gasteiger partial charge in [0, 0.05) is 25.7 Å². The van der Waals surface area contributed by atoms with Gasteiger partial charge in [-0.05, 0) is 32.9 Å². The maximum atomic E-state index is 9.33. The summed E-state index contributed by atoms with van der Waals surface area (Å²) in [4.78, 5) is 5.16. The fraction of sp³-hybridized carbons (Fsp3) is 0.370. The Labute approximate surface area is 233 Å². The van der Waals surface area contributed by atoms with Crippen LogP contribution < -0.4 is 5.30 Å². The van der Waals surface area contributed by atoms with Crippen molar-refractivity contribution in [2.24, 2.45) is 9.74 Å². The van der Waals surface area contributed by atoms with Crippen LogP contribution in [0.4, 0.5) is 11.5 Å². The molecule has 5 rings (SSSR count). The monoisotopic (exact) mass is 569 g/mol. The predicted octanol–water partition coefficient (Wildman–Crippen LogP) is 6.53. The highest BCUT2D eigenvalue weighted by Gasteiger charge is 2.47. The second-order valence-electron chi connectivity index (χ2n) is 9.58. The third kappa shape index (κ3) is 4.68. The lowest BCUT2D eigenvalue weighted by atomic mass is 10.2. The molecule has 3 heterocycles. The van der Waals surface area contributed by atoms with Gasteiger partial charge in [-0.3, -0.25) is 0 Å². The predicted molar refractivity (Wildman–Crippen MR) is 154 cm³/mol. The lowest BCUT2D eigenvalue weighted by Crippen LogP contribution is -2.50. The van der Waals surface area contributed by atoms with E-state index in [1.807, 2.05) is 67.2 Å². The van der Waals surface area contributed by atoms with Gasteiger partial charge in [-0.2, -0.15) is 10.4 Å². The largest absolute Gasteiger partial charge is 0.373 e. The molecule has 0 bridgehead atoms. The number of nitriles is 1. The highest BCUT2D eigenvalue weighted by atomic mass is 35.5. The molecule has 1 aromatic heterocycles. The van der Waals surface area contributed by atoms with Crippen LogP contribution in [0.5, 0.6) is 0 Å². The molecule has 3 aromatic rings. The smallest absolute Gasteiger partial charge is 0.165 e. The number of halogens is 2. The van der Waals surface area contributed by atoms with Crippen LogP contribution in [-0.4, -0.2) is 57.3 Å². The van der Waals surface area contributed by atoms with Gasteiger partial charge in [0.25, 0.3) is 0 Å². The van der Waals surface area contributed by atoms with E-state index in [4.69, 9.17) is 42.8 Å². The third-order valence-electron chi connectivity index (χ3n) is 6.75. The topological polar surface area (TPSA) is 82.0 Å². The molecule has 198 valence electrons. The minimum Gasteiger partial charge on any atom is -0.373 e. The molecule has 0 N–H and O–H groups in total. The average Bonchev–Trinajstić information content (AvgIpc) is 3.21. The number of hydrogen-bond donors (Lipinski definition) is 0. The Morgan fingerprint density at radius 1 is 1.08 bits per heavy atom. The van der Waals surface area contributed by atoms with Crippen LogP contribution in [0.3, 0.4) is 0 Å². The molecule has 2 aliphatic heterocycles. The normalized spacial score (nSPS) is 23.5. The summed E-state index contributed by atoms with van der Waals surface area (Å²) >= 11 is 13.5. The summed E-state index contributed by atoms with van der Waals surface area (Å²) in [6, 6.07) is 17.8. The quantitative estimate of drug-likeness (QED) is 0.326. The first-order valence-electron chi connectivity index (χ1n) is 12.6. The highest BCUT2D eigenvalue weighted by molar-refractivity contribution is 7.70. The molecule has 38 heavy (non-hydrogen) atoms. The number of amidine groups is 1. The van der Waals surface area contributed by atoms with Crippen LogP contribution in [0.1, 0.15) is 31.5 Å². The fourth-order valence-corrected chi connectivity index (χ4v) is 9.91. The molecule has 0 amide bonds. The molecule has 0 saturated carbocycles. The number of aliphatic imine (C=N–C) groups is 1. The van der Waals surface area contributed by atoms with Crippen LogP contribution in [0.25, 0.3) is 0 Å². The lowest BCUT2D eigenvalue weighted by Gasteiger charge is -2.49. The van der Waals surface area contributed by atoms with Crippen molar-refractivity contribution in [1.82, 2.24) is 19.1 Å². The summed E-state index contributed by atoms with van der Waals surface area (Å²) in [6.45, 7) is 7.93. The lowest BCUT2D eigenvalue weighted by molar-refractivity contribution is -0.0442. The standard InChI is InChI=1S/C27H30Cl2N7OP/c1-18-16-35(17-19(2)37-18)38(33-24-22(28)12-8-13-23(24)29)25-20(3)32-36(15-9-14-30)27(25)31-26(34(38)4)21-10-6-5-7-11-21/h5-8,10-13,18-19H,9,15-17H2,1-4H3/t18-,19-,38+/m0/s1. The van der Waals surface area contributed by atoms with Crippen molar-refractivity contribution in [3.05, 3.63) is 69.8 Å². The molecule has 0 spiro atoms. The minimum absolute atomic E-state index is 0.00243. The maximum absolute atomic E-state index is 9.33. The van der Waals surface area contributed by atoms with E-state index in [0.717, 1.165) is 28.2 Å². The molecule has 1 fully saturated rings. The van der Waals surface area contributed by atoms with Crippen molar-refractivity contribution in [3.8, 4) is 6.07 Å². The Morgan fingerprint density at radius 3 is 2.37 bits per heavy atom. The van der Waals surface area contributed by atoms with E-state index in [1.165, 1.54) is 0 Å². The maximum Gasteiger partial charge on any atom is 0.165 e. The Bertz CT molecular complexity index is 1450. The number of ether oxygens (including phenoxy) is 1. The molecule has 2 aromatic carbocycles. The molecule has 8 nitrogen and oxygen atoms in total. The number of hydrogen-bond acceptors (Lipinski definition) is 5. The van der Waals surface area contributed by atoms with Crippen molar-refractivity contribution in [2.45, 2.75) is 45.9 Å². The van der Waals surface area contributed by atoms with E-state index in [2.05, 4.69) is 29.3 Å². The van der Waals surface area contributed by atoms with Crippen LogP contribution in [0.2, 0.25) is 10.0 Å². The SMILES string of the molecule is Cc1nn(CCC#N)c2c1[P@](=Nc1c(Cl)cccc1Cl)(N1C[C@H](C)O[C@@H](C)C1)N(C)C(c1ccccc1)=N2. The summed E-state index contributed by atoms with van der Waals surface area (Å²) in [5.74, 6) is 1.50. The van der Waals surface area contributed by atoms with Crippen LogP contribution in [-0.2, 0) is 11.3 Å². The molecule has 0 radical (unpaired) electrons. The number of aromatic nitrogens is 2. The molecular weight excluding hydrogens is 540 g/mol. The Balaban J connectivity index is 1.89. The van der Waals surface area contributed by atoms with Gasteiger partial charge in [0.2, 0.25) is 0 Å². The van der Waals surface area contributed by atoms with Crippen molar-refractivity contribution < 1.29 is 4.74 Å². The van der Waals surface area contributed by atoms with E-state index < -0.39 is 7.36 Å². The van der Waals surface area contributed by atoms with Crippen molar-refractivity contribution >= 4 is 53.2 Å². The van der Waals surface area contributed by atoms with Crippen molar-refractivity contribution in [3.63, 3.8) is 0 Å². The number of morpholine rings is 1. The first kappa shape index (κ1) is 26.9. The van der Waals surface area contributed by atoms with Crippen molar-refractivity contribution in [1.29, 1.82) is 5.26 Å². The van der Waals surface area contributed by atoms with Gasteiger partial charge in [0.05, 0.1) is 52.3 Å². The Hall–Kier alpha value is -2.66. The fourth-order valence-electron chi connectivity index (χ4n) is 5.24. The molecule has 11 heteroatoms. The summed E-state index contributed by atoms with van der Waals surface area (Å²) in [5, 5.41) is 16.1. The van der Waals surface area contributed by atoms with Crippen molar-refractivity contribution in [2.75, 3.05) is 20.1 Å². The van der Waals surface area contributed by atoms with Gasteiger partial charge in [-0.1, -0.05) is 59.6 Å². The molecular formula is C27H30Cl2N7OP. The Morgan fingerprint density at radius 2 is 1.74 bits per heavy atom. The highest BCUT2D eigenvalue weighted by Crippen LogP contribution is 2.63. The average molecular weight is 570 g/mol. The zero-order chi connectivity index (χ0) is 27.0. The van der Waals surface area contributed by atoms with Gasteiger partial charge < -0.3 is 9.41 Å². The van der Waals surface area contributed by atoms with Gasteiger partial charge >= 0.3 is 0 Å². The number of rotatable bonds is 5. The summed E-state index contributed by atoms with van der Waals surface area (Å²) in [5.41, 5.74) is 2.34. The van der Waals surface area contributed by atoms with E-state index >= 15 is 0 Å². The molecule has 2 aliphatic rings. The first-order valence-corrected chi connectivity index (χ1v) is 15.0. The van der Waals surface area contributed by atoms with Gasteiger partial charge in [-0.15, -0.1) is 0 Å². The van der Waals surface area contributed by atoms with Crippen LogP contribution >= 0.6 is 30.6 Å². The second-order valence-corrected chi connectivity index (χ2v) is 13.3. The zero-order valence-corrected chi connectivity index (χ0v) is 24.3. The molecule has 0 aliphatic carbocycles. The first-order chi connectivity index (χ1) is 18.3. The number of benzene rings is 2. The van der Waals surface area contributed by atoms with Crippen LogP contribution in [0.15, 0.2) is 58.3 Å². The summed E-state index contributed by atoms with van der Waals surface area (Å²) in [7, 11) is -0.773. The van der Waals surface area contributed by atoms with Gasteiger partial charge in [0.1, 0.15) is 11.5 Å². The van der Waals surface area contributed by atoms with E-state index in [1.54, 1.807) is 0 Å². The molecule has 3 atom stereocenters. The second kappa shape index (κ2) is 10.8. The number of fused-ring (bicyclic) bond motifs is 1. The molecule has 1 saturated heterocycles. The van der Waals surface area contributed by atoms with Crippen LogP contribution in [0, 0.1) is 18.3 Å². The van der Waals surface area contributed by atoms with E-state index in [0.29, 0.717) is 41.8 Å². The molecule has 0 unspecified atom stereocenters. The van der Waals surface area contributed by atoms with Gasteiger partial charge in [-0.25, -0.2) is 19.1 Å².